The van der Waals surface area contributed by atoms with Crippen LogP contribution in [0.5, 0.6) is 11.5 Å². The molecule has 8 nitrogen and oxygen atoms in total. The van der Waals surface area contributed by atoms with Crippen LogP contribution in [-0.4, -0.2) is 52.6 Å². The second-order valence-corrected chi connectivity index (χ2v) is 12.2. The molecule has 39 heavy (non-hydrogen) atoms. The van der Waals surface area contributed by atoms with Gasteiger partial charge in [-0.2, -0.15) is 4.31 Å². The maximum Gasteiger partial charge on any atom is 0.251 e. The molecular formula is C29H30N2O6S2. The van der Waals surface area contributed by atoms with Crippen LogP contribution in [0.3, 0.4) is 0 Å². The monoisotopic (exact) mass is 566 g/mol. The van der Waals surface area contributed by atoms with Gasteiger partial charge in [-0.1, -0.05) is 48.5 Å². The molecule has 0 aliphatic heterocycles. The Kier molecular flexibility index (Phi) is 9.03. The van der Waals surface area contributed by atoms with Crippen molar-refractivity contribution >= 4 is 27.3 Å². The van der Waals surface area contributed by atoms with Gasteiger partial charge in [-0.15, -0.1) is 11.3 Å². The molecule has 0 aliphatic rings. The van der Waals surface area contributed by atoms with Crippen molar-refractivity contribution in [2.75, 3.05) is 6.54 Å². The van der Waals surface area contributed by atoms with Crippen molar-refractivity contribution in [2.24, 2.45) is 0 Å². The van der Waals surface area contributed by atoms with Crippen LogP contribution in [0.4, 0.5) is 0 Å². The van der Waals surface area contributed by atoms with Gasteiger partial charge < -0.3 is 20.6 Å². The lowest BCUT2D eigenvalue weighted by molar-refractivity contribution is 0.0779. The summed E-state index contributed by atoms with van der Waals surface area (Å²) in [6.45, 7) is 1.60. The molecule has 3 aromatic carbocycles. The normalized spacial score (nSPS) is 13.2. The minimum absolute atomic E-state index is 0.0584. The fourth-order valence-electron chi connectivity index (χ4n) is 4.15. The second-order valence-electron chi connectivity index (χ2n) is 9.23. The number of carbonyl (C=O) groups excluding carboxylic acids is 1. The Morgan fingerprint density at radius 3 is 2.38 bits per heavy atom. The van der Waals surface area contributed by atoms with Gasteiger partial charge in [-0.25, -0.2) is 8.42 Å². The van der Waals surface area contributed by atoms with Crippen LogP contribution in [-0.2, 0) is 23.0 Å². The van der Waals surface area contributed by atoms with E-state index in [0.29, 0.717) is 0 Å². The van der Waals surface area contributed by atoms with Crippen LogP contribution >= 0.6 is 11.3 Å². The number of aromatic hydroxyl groups is 2. The first kappa shape index (κ1) is 28.3. The van der Waals surface area contributed by atoms with Gasteiger partial charge in [0.05, 0.1) is 17.0 Å². The predicted molar refractivity (Wildman–Crippen MR) is 150 cm³/mol. The third-order valence-electron chi connectivity index (χ3n) is 6.25. The van der Waals surface area contributed by atoms with Gasteiger partial charge in [0.25, 0.3) is 5.91 Å². The summed E-state index contributed by atoms with van der Waals surface area (Å²) in [7, 11) is -3.99. The highest BCUT2D eigenvalue weighted by Gasteiger charge is 2.31. The van der Waals surface area contributed by atoms with Gasteiger partial charge in [0.2, 0.25) is 10.0 Å². The summed E-state index contributed by atoms with van der Waals surface area (Å²) in [5, 5.41) is 35.5. The zero-order chi connectivity index (χ0) is 28.0. The number of hydrogen-bond acceptors (Lipinski definition) is 7. The molecule has 0 spiro atoms. The molecule has 4 rings (SSSR count). The van der Waals surface area contributed by atoms with Gasteiger partial charge in [0.1, 0.15) is 0 Å². The van der Waals surface area contributed by atoms with Gasteiger partial charge in [-0.05, 0) is 66.2 Å². The van der Waals surface area contributed by atoms with Crippen molar-refractivity contribution in [3.8, 4) is 11.5 Å². The number of phenolic OH excluding ortho intramolecular Hbond substituents is 2. The molecule has 0 saturated carbocycles. The molecule has 0 aliphatic carbocycles. The average molecular weight is 567 g/mol. The molecule has 1 amide bonds. The summed E-state index contributed by atoms with van der Waals surface area (Å²) in [5.74, 6) is -1.40. The number of rotatable bonds is 11. The third kappa shape index (κ3) is 7.24. The molecule has 1 aromatic heterocycles. The number of nitrogens with zero attached hydrogens (tertiary/aromatic N) is 1. The molecular weight excluding hydrogens is 536 g/mol. The fourth-order valence-corrected chi connectivity index (χ4v) is 6.50. The Hall–Kier alpha value is -3.70. The molecule has 4 N–H and O–H groups in total. The van der Waals surface area contributed by atoms with Crippen LogP contribution < -0.4 is 5.32 Å². The highest BCUT2D eigenvalue weighted by atomic mass is 32.2. The number of thiophene rings is 1. The first-order chi connectivity index (χ1) is 18.6. The largest absolute Gasteiger partial charge is 0.504 e. The first-order valence-corrected chi connectivity index (χ1v) is 14.6. The van der Waals surface area contributed by atoms with E-state index >= 15 is 0 Å². The number of amides is 1. The van der Waals surface area contributed by atoms with Gasteiger partial charge in [-0.3, -0.25) is 4.79 Å². The van der Waals surface area contributed by atoms with E-state index in [4.69, 9.17) is 0 Å². The number of aliphatic hydroxyl groups excluding tert-OH is 1. The number of nitrogens with one attached hydrogen (secondary N) is 1. The standard InChI is InChI=1S/C29H30N2O6S2/c1-20-7-5-11-24(15-20)39(36,37)31(18-23-10-6-14-38-23)19-28(34)25(16-21-8-3-2-4-9-21)30-29(35)22-12-13-26(32)27(33)17-22/h2-15,17,25,28,32-34H,16,18-19H2,1H3,(H,30,35)/t25-,28+/m0/s1. The van der Waals surface area contributed by atoms with Gasteiger partial charge >= 0.3 is 0 Å². The van der Waals surface area contributed by atoms with E-state index in [-0.39, 0.29) is 35.7 Å². The summed E-state index contributed by atoms with van der Waals surface area (Å²) < 4.78 is 28.7. The smallest absolute Gasteiger partial charge is 0.251 e. The summed E-state index contributed by atoms with van der Waals surface area (Å²) in [5.41, 5.74) is 1.71. The molecule has 0 fully saturated rings. The van der Waals surface area contributed by atoms with E-state index in [9.17, 15) is 28.5 Å². The lowest BCUT2D eigenvalue weighted by Crippen LogP contribution is -2.50. The average Bonchev–Trinajstić information content (AvgIpc) is 3.43. The van der Waals surface area contributed by atoms with Crippen LogP contribution in [0.2, 0.25) is 0 Å². The van der Waals surface area contributed by atoms with E-state index < -0.39 is 33.8 Å². The zero-order valence-electron chi connectivity index (χ0n) is 21.3. The zero-order valence-corrected chi connectivity index (χ0v) is 22.9. The molecule has 4 aromatic rings. The lowest BCUT2D eigenvalue weighted by Gasteiger charge is -2.30. The van der Waals surface area contributed by atoms with E-state index in [1.54, 1.807) is 12.1 Å². The van der Waals surface area contributed by atoms with Crippen molar-refractivity contribution < 1.29 is 28.5 Å². The summed E-state index contributed by atoms with van der Waals surface area (Å²) >= 11 is 1.41. The van der Waals surface area contributed by atoms with E-state index in [1.165, 1.54) is 33.8 Å². The van der Waals surface area contributed by atoms with Crippen molar-refractivity contribution in [3.05, 3.63) is 112 Å². The van der Waals surface area contributed by atoms with Gasteiger partial charge in [0.15, 0.2) is 11.5 Å². The molecule has 0 radical (unpaired) electrons. The summed E-state index contributed by atoms with van der Waals surface area (Å²) in [6.07, 6.45) is -1.05. The van der Waals surface area contributed by atoms with Crippen molar-refractivity contribution in [1.82, 2.24) is 9.62 Å². The lowest BCUT2D eigenvalue weighted by atomic mass is 10.0. The number of aliphatic hydroxyl groups is 1. The predicted octanol–water partition coefficient (Wildman–Crippen LogP) is 4.06. The van der Waals surface area contributed by atoms with E-state index in [2.05, 4.69) is 5.32 Å². The Labute approximate surface area is 231 Å². The molecule has 0 saturated heterocycles. The minimum atomic E-state index is -3.99. The Balaban J connectivity index is 1.63. The van der Waals surface area contributed by atoms with E-state index in [0.717, 1.165) is 22.1 Å². The van der Waals surface area contributed by atoms with Crippen LogP contribution in [0.1, 0.15) is 26.4 Å². The van der Waals surface area contributed by atoms with Crippen molar-refractivity contribution in [3.63, 3.8) is 0 Å². The minimum Gasteiger partial charge on any atom is -0.504 e. The Bertz CT molecular complexity index is 1510. The van der Waals surface area contributed by atoms with E-state index in [1.807, 2.05) is 60.8 Å². The van der Waals surface area contributed by atoms with Crippen LogP contribution in [0.25, 0.3) is 0 Å². The quantitative estimate of drug-likeness (QED) is 0.203. The van der Waals surface area contributed by atoms with Crippen LogP contribution in [0, 0.1) is 6.92 Å². The number of benzene rings is 3. The number of hydrogen-bond donors (Lipinski definition) is 4. The first-order valence-electron chi connectivity index (χ1n) is 12.3. The van der Waals surface area contributed by atoms with Gasteiger partial charge in [0, 0.05) is 23.5 Å². The van der Waals surface area contributed by atoms with Crippen molar-refractivity contribution in [1.29, 1.82) is 0 Å². The van der Waals surface area contributed by atoms with Crippen LogP contribution in [0.15, 0.2) is 95.2 Å². The molecule has 1 heterocycles. The number of phenols is 2. The Morgan fingerprint density at radius 1 is 0.949 bits per heavy atom. The summed E-state index contributed by atoms with van der Waals surface area (Å²) in [6, 6.07) is 22.3. The fraction of sp³-hybridized carbons (Fsp3) is 0.207. The molecule has 204 valence electrons. The van der Waals surface area contributed by atoms with Crippen molar-refractivity contribution in [2.45, 2.75) is 36.9 Å². The summed E-state index contributed by atoms with van der Waals surface area (Å²) in [4.78, 5) is 14.0. The highest BCUT2D eigenvalue weighted by Crippen LogP contribution is 2.26. The third-order valence-corrected chi connectivity index (χ3v) is 8.92. The second kappa shape index (κ2) is 12.4. The number of carbonyl (C=O) groups is 1. The highest BCUT2D eigenvalue weighted by molar-refractivity contribution is 7.89. The maximum absolute atomic E-state index is 13.7. The topological polar surface area (TPSA) is 127 Å². The Morgan fingerprint density at radius 2 is 1.72 bits per heavy atom. The number of sulfonamides is 1. The SMILES string of the molecule is Cc1cccc(S(=O)(=O)N(Cc2cccs2)C[C@@H](O)[C@H](Cc2ccccc2)NC(=O)c2ccc(O)c(O)c2)c1. The molecule has 2 atom stereocenters. The molecule has 0 bridgehead atoms. The molecule has 0 unspecified atom stereocenters. The maximum atomic E-state index is 13.7. The number of aryl methyl sites for hydroxylation is 1. The molecule has 10 heteroatoms.